The van der Waals surface area contributed by atoms with Gasteiger partial charge in [0, 0.05) is 28.6 Å². The molecule has 2 aromatic rings. The Morgan fingerprint density at radius 2 is 1.53 bits per heavy atom. The van der Waals surface area contributed by atoms with Gasteiger partial charge >= 0.3 is 0 Å². The molecule has 3 saturated carbocycles. The first kappa shape index (κ1) is 23.0. The lowest BCUT2D eigenvalue weighted by Crippen LogP contribution is -2.84. The topological polar surface area (TPSA) is 76.7 Å². The minimum Gasteiger partial charge on any atom is -0.494 e. The summed E-state index contributed by atoms with van der Waals surface area (Å²) in [5, 5.41) is 7.55. The summed E-state index contributed by atoms with van der Waals surface area (Å²) in [6, 6.07) is 12.0. The molecule has 0 saturated heterocycles. The predicted molar refractivity (Wildman–Crippen MR) is 124 cm³/mol. The van der Waals surface area contributed by atoms with Gasteiger partial charge in [-0.25, -0.2) is 0 Å². The summed E-state index contributed by atoms with van der Waals surface area (Å²) in [6.07, 6.45) is 3.22. The summed E-state index contributed by atoms with van der Waals surface area (Å²) < 4.78 is 11.1. The molecule has 3 fully saturated rings. The van der Waals surface area contributed by atoms with Crippen molar-refractivity contribution in [3.8, 4) is 11.5 Å². The summed E-state index contributed by atoms with van der Waals surface area (Å²) in [7, 11) is 0. The van der Waals surface area contributed by atoms with Crippen LogP contribution in [0.1, 0.15) is 32.1 Å². The Bertz CT molecular complexity index is 1010. The van der Waals surface area contributed by atoms with Crippen LogP contribution in [-0.4, -0.2) is 36.1 Å². The van der Waals surface area contributed by atoms with Crippen molar-refractivity contribution in [2.24, 2.45) is 0 Å². The van der Waals surface area contributed by atoms with Crippen LogP contribution in [0.4, 0.5) is 0 Å². The number of halogens is 3. The quantitative estimate of drug-likeness (QED) is 0.463. The zero-order valence-corrected chi connectivity index (χ0v) is 19.5. The van der Waals surface area contributed by atoms with Crippen LogP contribution in [0.15, 0.2) is 42.5 Å². The van der Waals surface area contributed by atoms with Crippen LogP contribution in [0.2, 0.25) is 15.1 Å². The average molecular weight is 498 g/mol. The van der Waals surface area contributed by atoms with Crippen LogP contribution in [-0.2, 0) is 9.59 Å². The molecule has 3 aliphatic rings. The molecular formula is C23H23Cl3N2O4. The van der Waals surface area contributed by atoms with Crippen LogP contribution >= 0.6 is 34.8 Å². The van der Waals surface area contributed by atoms with Crippen LogP contribution in [0.5, 0.6) is 11.5 Å². The van der Waals surface area contributed by atoms with Gasteiger partial charge in [0.05, 0.1) is 16.7 Å². The van der Waals surface area contributed by atoms with E-state index in [1.807, 2.05) is 12.1 Å². The molecule has 0 radical (unpaired) electrons. The van der Waals surface area contributed by atoms with Gasteiger partial charge < -0.3 is 20.1 Å². The van der Waals surface area contributed by atoms with Crippen molar-refractivity contribution in [3.05, 3.63) is 57.5 Å². The van der Waals surface area contributed by atoms with Crippen LogP contribution in [0.3, 0.4) is 0 Å². The van der Waals surface area contributed by atoms with Crippen molar-refractivity contribution in [1.82, 2.24) is 10.6 Å². The number of carbonyl (C=O) groups is 2. The van der Waals surface area contributed by atoms with E-state index in [1.165, 1.54) is 0 Å². The molecule has 0 aromatic heterocycles. The normalized spacial score (nSPS) is 22.8. The van der Waals surface area contributed by atoms with Gasteiger partial charge in [-0.15, -0.1) is 0 Å². The van der Waals surface area contributed by atoms with Crippen LogP contribution in [0, 0.1) is 0 Å². The van der Waals surface area contributed by atoms with E-state index in [1.54, 1.807) is 30.3 Å². The van der Waals surface area contributed by atoms with Crippen molar-refractivity contribution >= 4 is 46.6 Å². The van der Waals surface area contributed by atoms with Gasteiger partial charge in [0.15, 0.2) is 6.61 Å². The Balaban J connectivity index is 1.11. The van der Waals surface area contributed by atoms with Crippen molar-refractivity contribution in [2.45, 2.75) is 43.2 Å². The first-order valence-electron chi connectivity index (χ1n) is 10.3. The Labute approximate surface area is 201 Å². The molecule has 32 heavy (non-hydrogen) atoms. The molecule has 2 amide bonds. The highest BCUT2D eigenvalue weighted by Crippen LogP contribution is 2.60. The molecule has 0 heterocycles. The van der Waals surface area contributed by atoms with Gasteiger partial charge in [0.2, 0.25) is 5.91 Å². The van der Waals surface area contributed by atoms with Crippen LogP contribution in [0.25, 0.3) is 0 Å². The van der Waals surface area contributed by atoms with E-state index in [0.29, 0.717) is 46.0 Å². The lowest BCUT2D eigenvalue weighted by molar-refractivity contribution is -0.150. The highest BCUT2D eigenvalue weighted by Gasteiger charge is 2.69. The van der Waals surface area contributed by atoms with E-state index in [4.69, 9.17) is 44.3 Å². The van der Waals surface area contributed by atoms with Crippen molar-refractivity contribution < 1.29 is 19.1 Å². The molecule has 2 bridgehead atoms. The van der Waals surface area contributed by atoms with Crippen molar-refractivity contribution in [3.63, 3.8) is 0 Å². The maximum atomic E-state index is 12.3. The zero-order chi connectivity index (χ0) is 22.8. The fraction of sp³-hybridized carbons (Fsp3) is 0.391. The molecule has 2 aromatic carbocycles. The highest BCUT2D eigenvalue weighted by atomic mass is 35.5. The smallest absolute Gasteiger partial charge is 0.258 e. The molecule has 0 atom stereocenters. The average Bonchev–Trinajstić information content (AvgIpc) is 2.70. The minimum absolute atomic E-state index is 0.00210. The number of nitrogens with one attached hydrogen (secondary N) is 2. The maximum Gasteiger partial charge on any atom is 0.258 e. The molecule has 0 unspecified atom stereocenters. The number of rotatable bonds is 10. The number of benzene rings is 2. The largest absolute Gasteiger partial charge is 0.494 e. The minimum atomic E-state index is -0.235. The lowest BCUT2D eigenvalue weighted by Gasteiger charge is -2.70. The second kappa shape index (κ2) is 9.38. The lowest BCUT2D eigenvalue weighted by atomic mass is 9.44. The van der Waals surface area contributed by atoms with E-state index in [0.717, 1.165) is 19.3 Å². The summed E-state index contributed by atoms with van der Waals surface area (Å²) in [5.41, 5.74) is -0.427. The van der Waals surface area contributed by atoms with Crippen molar-refractivity contribution in [1.29, 1.82) is 0 Å². The Morgan fingerprint density at radius 1 is 0.844 bits per heavy atom. The third-order valence-corrected chi connectivity index (χ3v) is 6.69. The van der Waals surface area contributed by atoms with E-state index >= 15 is 0 Å². The van der Waals surface area contributed by atoms with Crippen molar-refractivity contribution in [2.75, 3.05) is 13.2 Å². The van der Waals surface area contributed by atoms with E-state index in [9.17, 15) is 9.59 Å². The monoisotopic (exact) mass is 496 g/mol. The third-order valence-electron chi connectivity index (χ3n) is 5.71. The molecule has 170 valence electrons. The molecule has 9 heteroatoms. The first-order chi connectivity index (χ1) is 15.3. The zero-order valence-electron chi connectivity index (χ0n) is 17.3. The molecular weight excluding hydrogens is 475 g/mol. The number of ether oxygens (including phenoxy) is 2. The summed E-state index contributed by atoms with van der Waals surface area (Å²) >= 11 is 17.7. The van der Waals surface area contributed by atoms with E-state index in [2.05, 4.69) is 10.6 Å². The maximum absolute atomic E-state index is 12.3. The van der Waals surface area contributed by atoms with Gasteiger partial charge in [0.25, 0.3) is 5.91 Å². The van der Waals surface area contributed by atoms with Gasteiger partial charge in [-0.3, -0.25) is 9.59 Å². The number of hydrogen-bond donors (Lipinski definition) is 2. The van der Waals surface area contributed by atoms with Crippen LogP contribution < -0.4 is 20.1 Å². The van der Waals surface area contributed by atoms with Gasteiger partial charge in [0.1, 0.15) is 11.5 Å². The Hall–Kier alpha value is -2.15. The fourth-order valence-corrected chi connectivity index (χ4v) is 4.91. The number of carbonyl (C=O) groups excluding carboxylic acids is 2. The fourth-order valence-electron chi connectivity index (χ4n) is 4.44. The van der Waals surface area contributed by atoms with E-state index in [-0.39, 0.29) is 29.5 Å². The summed E-state index contributed by atoms with van der Waals surface area (Å²) in [5.74, 6) is 0.976. The summed E-state index contributed by atoms with van der Waals surface area (Å²) in [6.45, 7) is 0.339. The molecule has 2 N–H and O–H groups in total. The highest BCUT2D eigenvalue weighted by molar-refractivity contribution is 6.42. The molecule has 5 rings (SSSR count). The Kier molecular flexibility index (Phi) is 6.75. The van der Waals surface area contributed by atoms with Gasteiger partial charge in [-0.05, 0) is 56.0 Å². The molecule has 3 aliphatic carbocycles. The van der Waals surface area contributed by atoms with E-state index < -0.39 is 0 Å². The second-order valence-corrected chi connectivity index (χ2v) is 9.71. The van der Waals surface area contributed by atoms with Gasteiger partial charge in [-0.2, -0.15) is 0 Å². The second-order valence-electron chi connectivity index (χ2n) is 8.46. The Morgan fingerprint density at radius 3 is 2.22 bits per heavy atom. The van der Waals surface area contributed by atoms with Gasteiger partial charge in [-0.1, -0.05) is 40.9 Å². The molecule has 6 nitrogen and oxygen atoms in total. The standard InChI is InChI=1S/C23H23Cl3N2O4/c24-15-3-1-4-16(9-15)31-8-2-5-20(29)27-22-12-23(13-22,14-22)28-21(30)11-32-17-6-7-18(25)19(26)10-17/h1,3-4,6-7,9-10H,2,5,8,11-14H2,(H,27,29)(H,28,30). The SMILES string of the molecule is O=C(CCCOc1cccc(Cl)c1)NC12CC(NC(=O)COc3ccc(Cl)c(Cl)c3)(C1)C2. The third kappa shape index (κ3) is 5.42. The number of hydrogen-bond acceptors (Lipinski definition) is 4. The summed E-state index contributed by atoms with van der Waals surface area (Å²) in [4.78, 5) is 24.5. The molecule has 0 aliphatic heterocycles. The molecule has 0 spiro atoms. The predicted octanol–water partition coefficient (Wildman–Crippen LogP) is 4.79. The first-order valence-corrected chi connectivity index (χ1v) is 11.5. The number of amides is 2.